The van der Waals surface area contributed by atoms with E-state index in [9.17, 15) is 9.18 Å². The first kappa shape index (κ1) is 10.8. The molecule has 5 heteroatoms. The van der Waals surface area contributed by atoms with Crippen molar-refractivity contribution in [1.82, 2.24) is 0 Å². The van der Waals surface area contributed by atoms with Crippen LogP contribution in [0.4, 0.5) is 4.39 Å². The Morgan fingerprint density at radius 1 is 1.57 bits per heavy atom. The highest BCUT2D eigenvalue weighted by atomic mass is 35.5. The summed E-state index contributed by atoms with van der Waals surface area (Å²) >= 11 is 5.64. The van der Waals surface area contributed by atoms with Gasteiger partial charge in [-0.15, -0.1) is 0 Å². The van der Waals surface area contributed by atoms with Crippen molar-refractivity contribution in [3.8, 4) is 5.75 Å². The van der Waals surface area contributed by atoms with Crippen LogP contribution in [0.25, 0.3) is 0 Å². The van der Waals surface area contributed by atoms with Crippen LogP contribution in [0.5, 0.6) is 5.75 Å². The summed E-state index contributed by atoms with van der Waals surface area (Å²) in [5.41, 5.74) is 0. The Morgan fingerprint density at radius 3 is 2.86 bits per heavy atom. The number of para-hydroxylation sites is 1. The van der Waals surface area contributed by atoms with Gasteiger partial charge in [0.2, 0.25) is 0 Å². The molecule has 0 saturated heterocycles. The summed E-state index contributed by atoms with van der Waals surface area (Å²) in [6, 6.07) is 4.11. The summed E-state index contributed by atoms with van der Waals surface area (Å²) in [7, 11) is 1.22. The van der Waals surface area contributed by atoms with Gasteiger partial charge in [-0.05, 0) is 12.1 Å². The lowest BCUT2D eigenvalue weighted by Gasteiger charge is -2.06. The molecule has 1 aromatic rings. The van der Waals surface area contributed by atoms with E-state index in [1.165, 1.54) is 25.3 Å². The number of halogens is 2. The van der Waals surface area contributed by atoms with Gasteiger partial charge in [0.05, 0.1) is 12.1 Å². The Balaban J connectivity index is 2.71. The number of hydrogen-bond acceptors (Lipinski definition) is 3. The Morgan fingerprint density at radius 2 is 2.29 bits per heavy atom. The van der Waals surface area contributed by atoms with Crippen LogP contribution in [-0.4, -0.2) is 19.7 Å². The molecule has 0 atom stereocenters. The second-order valence-electron chi connectivity index (χ2n) is 2.42. The molecule has 0 radical (unpaired) electrons. The fourth-order valence-electron chi connectivity index (χ4n) is 0.810. The number of hydrogen-bond donors (Lipinski definition) is 0. The van der Waals surface area contributed by atoms with Crippen molar-refractivity contribution in [2.45, 2.75) is 0 Å². The highest BCUT2D eigenvalue weighted by molar-refractivity contribution is 6.32. The topological polar surface area (TPSA) is 35.5 Å². The van der Waals surface area contributed by atoms with Gasteiger partial charge >= 0.3 is 5.97 Å². The van der Waals surface area contributed by atoms with E-state index in [0.717, 1.165) is 0 Å². The van der Waals surface area contributed by atoms with Crippen LogP contribution in [0, 0.1) is 5.82 Å². The van der Waals surface area contributed by atoms with E-state index in [1.807, 2.05) is 0 Å². The van der Waals surface area contributed by atoms with Gasteiger partial charge in [-0.25, -0.2) is 9.18 Å². The minimum atomic E-state index is -0.610. The third-order valence-corrected chi connectivity index (χ3v) is 1.78. The van der Waals surface area contributed by atoms with Crippen molar-refractivity contribution in [3.05, 3.63) is 29.0 Å². The minimum Gasteiger partial charge on any atom is -0.477 e. The first-order chi connectivity index (χ1) is 6.65. The van der Waals surface area contributed by atoms with Gasteiger partial charge in [0.15, 0.2) is 18.2 Å². The van der Waals surface area contributed by atoms with Gasteiger partial charge in [0.25, 0.3) is 0 Å². The minimum absolute atomic E-state index is 0.119. The first-order valence-electron chi connectivity index (χ1n) is 3.78. The average molecular weight is 219 g/mol. The number of rotatable bonds is 3. The normalized spacial score (nSPS) is 9.64. The van der Waals surface area contributed by atoms with Crippen LogP contribution >= 0.6 is 11.6 Å². The number of benzene rings is 1. The molecule has 0 aliphatic heterocycles. The second kappa shape index (κ2) is 4.81. The van der Waals surface area contributed by atoms with Crippen molar-refractivity contribution < 1.29 is 18.7 Å². The predicted molar refractivity (Wildman–Crippen MR) is 48.9 cm³/mol. The third kappa shape index (κ3) is 2.60. The van der Waals surface area contributed by atoms with E-state index in [2.05, 4.69) is 4.74 Å². The molecular weight excluding hydrogens is 211 g/mol. The largest absolute Gasteiger partial charge is 0.477 e. The van der Waals surface area contributed by atoms with E-state index in [-0.39, 0.29) is 17.4 Å². The molecule has 0 saturated carbocycles. The molecule has 0 heterocycles. The molecule has 0 fully saturated rings. The Hall–Kier alpha value is -1.29. The fraction of sp³-hybridized carbons (Fsp3) is 0.222. The molecule has 3 nitrogen and oxygen atoms in total. The van der Waals surface area contributed by atoms with Crippen molar-refractivity contribution in [3.63, 3.8) is 0 Å². The SMILES string of the molecule is COC(=O)COc1c(F)cccc1Cl. The van der Waals surface area contributed by atoms with Crippen molar-refractivity contribution in [2.75, 3.05) is 13.7 Å². The van der Waals surface area contributed by atoms with Crippen molar-refractivity contribution >= 4 is 17.6 Å². The molecule has 0 aromatic heterocycles. The van der Waals surface area contributed by atoms with Crippen molar-refractivity contribution in [1.29, 1.82) is 0 Å². The van der Waals surface area contributed by atoms with Crippen LogP contribution in [0.3, 0.4) is 0 Å². The maximum Gasteiger partial charge on any atom is 0.343 e. The number of carbonyl (C=O) groups is 1. The third-order valence-electron chi connectivity index (χ3n) is 1.48. The molecule has 0 N–H and O–H groups in total. The van der Waals surface area contributed by atoms with Gasteiger partial charge in [-0.1, -0.05) is 17.7 Å². The molecule has 1 rings (SSSR count). The smallest absolute Gasteiger partial charge is 0.343 e. The summed E-state index contributed by atoms with van der Waals surface area (Å²) in [6.07, 6.45) is 0. The Kier molecular flexibility index (Phi) is 3.71. The maximum atomic E-state index is 13.0. The van der Waals surface area contributed by atoms with Crippen LogP contribution < -0.4 is 4.74 Å². The summed E-state index contributed by atoms with van der Waals surface area (Å²) < 4.78 is 22.2. The van der Waals surface area contributed by atoms with Gasteiger partial charge in [0, 0.05) is 0 Å². The van der Waals surface area contributed by atoms with Crippen LogP contribution in [-0.2, 0) is 9.53 Å². The van der Waals surface area contributed by atoms with Crippen LogP contribution in [0.2, 0.25) is 5.02 Å². The molecule has 14 heavy (non-hydrogen) atoms. The molecule has 0 aliphatic rings. The standard InChI is InChI=1S/C9H8ClFO3/c1-13-8(12)5-14-9-6(10)3-2-4-7(9)11/h2-4H,5H2,1H3. The fourth-order valence-corrected chi connectivity index (χ4v) is 1.03. The van der Waals surface area contributed by atoms with E-state index >= 15 is 0 Å². The lowest BCUT2D eigenvalue weighted by molar-refractivity contribution is -0.142. The highest BCUT2D eigenvalue weighted by Crippen LogP contribution is 2.26. The second-order valence-corrected chi connectivity index (χ2v) is 2.82. The molecule has 1 aromatic carbocycles. The molecule has 0 unspecified atom stereocenters. The zero-order valence-corrected chi connectivity index (χ0v) is 8.18. The first-order valence-corrected chi connectivity index (χ1v) is 4.16. The predicted octanol–water partition coefficient (Wildman–Crippen LogP) is 2.03. The van der Waals surface area contributed by atoms with Crippen LogP contribution in [0.1, 0.15) is 0 Å². The van der Waals surface area contributed by atoms with Gasteiger partial charge in [0.1, 0.15) is 0 Å². The van der Waals surface area contributed by atoms with Gasteiger partial charge in [-0.3, -0.25) is 0 Å². The quantitative estimate of drug-likeness (QED) is 0.729. The molecular formula is C9H8ClFO3. The molecule has 0 spiro atoms. The zero-order valence-electron chi connectivity index (χ0n) is 7.42. The zero-order chi connectivity index (χ0) is 10.6. The Labute approximate surface area is 85.4 Å². The summed E-state index contributed by atoms with van der Waals surface area (Å²) in [5.74, 6) is -1.34. The summed E-state index contributed by atoms with van der Waals surface area (Å²) in [4.78, 5) is 10.7. The number of carbonyl (C=O) groups excluding carboxylic acids is 1. The summed E-state index contributed by atoms with van der Waals surface area (Å²) in [5, 5.41) is 0.119. The number of esters is 1. The van der Waals surface area contributed by atoms with Gasteiger partial charge in [-0.2, -0.15) is 0 Å². The highest BCUT2D eigenvalue weighted by Gasteiger charge is 2.10. The van der Waals surface area contributed by atoms with Gasteiger partial charge < -0.3 is 9.47 Å². The van der Waals surface area contributed by atoms with E-state index in [1.54, 1.807) is 0 Å². The molecule has 0 amide bonds. The van der Waals surface area contributed by atoms with E-state index in [0.29, 0.717) is 0 Å². The van der Waals surface area contributed by atoms with Crippen LogP contribution in [0.15, 0.2) is 18.2 Å². The molecule has 76 valence electrons. The average Bonchev–Trinajstić information content (AvgIpc) is 2.16. The van der Waals surface area contributed by atoms with Crippen molar-refractivity contribution in [2.24, 2.45) is 0 Å². The summed E-state index contributed by atoms with van der Waals surface area (Å²) in [6.45, 7) is -0.364. The number of methoxy groups -OCH3 is 1. The lowest BCUT2D eigenvalue weighted by atomic mass is 10.3. The lowest BCUT2D eigenvalue weighted by Crippen LogP contribution is -2.13. The van der Waals surface area contributed by atoms with E-state index < -0.39 is 11.8 Å². The Bertz CT molecular complexity index is 321. The van der Waals surface area contributed by atoms with E-state index in [4.69, 9.17) is 16.3 Å². The molecule has 0 bridgehead atoms. The maximum absolute atomic E-state index is 13.0. The monoisotopic (exact) mass is 218 g/mol. The molecule has 0 aliphatic carbocycles. The number of ether oxygens (including phenoxy) is 2.